The normalized spacial score (nSPS) is 11.0. The Kier molecular flexibility index (Phi) is 4.82. The highest BCUT2D eigenvalue weighted by atomic mass is 16.3. The minimum Gasteiger partial charge on any atom is -0.507 e. The van der Waals surface area contributed by atoms with E-state index in [0.717, 1.165) is 18.8 Å². The third kappa shape index (κ3) is 3.54. The van der Waals surface area contributed by atoms with Crippen LogP contribution in [0.25, 0.3) is 0 Å². The quantitative estimate of drug-likeness (QED) is 0.651. The van der Waals surface area contributed by atoms with Gasteiger partial charge < -0.3 is 15.7 Å². The van der Waals surface area contributed by atoms with Gasteiger partial charge >= 0.3 is 0 Å². The Morgan fingerprint density at radius 1 is 1.14 bits per heavy atom. The van der Waals surface area contributed by atoms with Crippen LogP contribution in [0.5, 0.6) is 5.75 Å². The molecule has 0 atom stereocenters. The van der Waals surface area contributed by atoms with E-state index in [1.165, 1.54) is 0 Å². The number of benzene rings is 2. The van der Waals surface area contributed by atoms with E-state index in [9.17, 15) is 5.11 Å². The second kappa shape index (κ2) is 6.79. The van der Waals surface area contributed by atoms with Crippen molar-refractivity contribution in [3.8, 4) is 5.75 Å². The van der Waals surface area contributed by atoms with Gasteiger partial charge in [-0.2, -0.15) is 0 Å². The van der Waals surface area contributed by atoms with Gasteiger partial charge in [-0.1, -0.05) is 12.1 Å². The summed E-state index contributed by atoms with van der Waals surface area (Å²) in [5.74, 6) is 0.220. The highest BCUT2D eigenvalue weighted by molar-refractivity contribution is 5.87. The zero-order chi connectivity index (χ0) is 15.2. The summed E-state index contributed by atoms with van der Waals surface area (Å²) < 4.78 is 0. The Morgan fingerprint density at radius 3 is 2.48 bits per heavy atom. The largest absolute Gasteiger partial charge is 0.507 e. The number of hydrogen-bond acceptors (Lipinski definition) is 4. The van der Waals surface area contributed by atoms with Gasteiger partial charge in [0.25, 0.3) is 0 Å². The van der Waals surface area contributed by atoms with Gasteiger partial charge in [-0.15, -0.1) is 0 Å². The Labute approximate surface area is 125 Å². The van der Waals surface area contributed by atoms with E-state index in [-0.39, 0.29) is 5.75 Å². The van der Waals surface area contributed by atoms with Crippen LogP contribution >= 0.6 is 0 Å². The molecule has 3 N–H and O–H groups in total. The zero-order valence-corrected chi connectivity index (χ0v) is 12.5. The summed E-state index contributed by atoms with van der Waals surface area (Å²) in [6.07, 6.45) is 1.63. The van der Waals surface area contributed by atoms with Gasteiger partial charge in [-0.05, 0) is 38.1 Å². The van der Waals surface area contributed by atoms with Crippen molar-refractivity contribution in [2.75, 3.05) is 23.7 Å². The Balaban J connectivity index is 2.24. The lowest BCUT2D eigenvalue weighted by Gasteiger charge is -2.21. The first-order valence-corrected chi connectivity index (χ1v) is 7.12. The SMILES string of the molecule is CCN(CC)c1ccc(C=Nc2ccccc2N)c(O)c1. The summed E-state index contributed by atoms with van der Waals surface area (Å²) in [5.41, 5.74) is 8.84. The van der Waals surface area contributed by atoms with Gasteiger partial charge in [0.05, 0.1) is 11.4 Å². The second-order valence-corrected chi connectivity index (χ2v) is 4.73. The highest BCUT2D eigenvalue weighted by Crippen LogP contribution is 2.25. The van der Waals surface area contributed by atoms with Gasteiger partial charge in [0.2, 0.25) is 0 Å². The molecule has 0 aliphatic carbocycles. The van der Waals surface area contributed by atoms with Crippen molar-refractivity contribution in [3.05, 3.63) is 48.0 Å². The third-order valence-corrected chi connectivity index (χ3v) is 3.42. The van der Waals surface area contributed by atoms with Crippen LogP contribution in [0.3, 0.4) is 0 Å². The number of aromatic hydroxyl groups is 1. The molecule has 0 fully saturated rings. The van der Waals surface area contributed by atoms with E-state index in [1.807, 2.05) is 30.3 Å². The lowest BCUT2D eigenvalue weighted by Crippen LogP contribution is -2.21. The number of phenols is 1. The molecule has 2 aromatic carbocycles. The van der Waals surface area contributed by atoms with E-state index in [4.69, 9.17) is 5.73 Å². The summed E-state index contributed by atoms with van der Waals surface area (Å²) in [7, 11) is 0. The minimum atomic E-state index is 0.220. The number of nitrogens with zero attached hydrogens (tertiary/aromatic N) is 2. The van der Waals surface area contributed by atoms with Crippen molar-refractivity contribution in [2.45, 2.75) is 13.8 Å². The van der Waals surface area contributed by atoms with Crippen molar-refractivity contribution < 1.29 is 5.11 Å². The monoisotopic (exact) mass is 283 g/mol. The topological polar surface area (TPSA) is 61.8 Å². The zero-order valence-electron chi connectivity index (χ0n) is 12.5. The first-order valence-electron chi connectivity index (χ1n) is 7.12. The number of phenolic OH excluding ortho intramolecular Hbond substituents is 1. The van der Waals surface area contributed by atoms with Crippen LogP contribution < -0.4 is 10.6 Å². The second-order valence-electron chi connectivity index (χ2n) is 4.73. The molecule has 110 valence electrons. The molecule has 2 aromatic rings. The highest BCUT2D eigenvalue weighted by Gasteiger charge is 2.05. The molecular formula is C17H21N3O. The molecule has 0 aliphatic heterocycles. The average molecular weight is 283 g/mol. The molecule has 0 saturated carbocycles. The first-order chi connectivity index (χ1) is 10.2. The summed E-state index contributed by atoms with van der Waals surface area (Å²) >= 11 is 0. The van der Waals surface area contributed by atoms with Crippen LogP contribution in [-0.2, 0) is 0 Å². The van der Waals surface area contributed by atoms with Gasteiger partial charge in [0.1, 0.15) is 5.75 Å². The van der Waals surface area contributed by atoms with Crippen LogP contribution in [-0.4, -0.2) is 24.4 Å². The van der Waals surface area contributed by atoms with Crippen LogP contribution in [0, 0.1) is 0 Å². The summed E-state index contributed by atoms with van der Waals surface area (Å²) in [4.78, 5) is 6.50. The number of nitrogen functional groups attached to an aromatic ring is 1. The molecular weight excluding hydrogens is 262 g/mol. The molecule has 21 heavy (non-hydrogen) atoms. The fourth-order valence-electron chi connectivity index (χ4n) is 2.17. The summed E-state index contributed by atoms with van der Waals surface area (Å²) in [5, 5.41) is 10.1. The van der Waals surface area contributed by atoms with Crippen LogP contribution in [0.15, 0.2) is 47.5 Å². The maximum Gasteiger partial charge on any atom is 0.126 e. The van der Waals surface area contributed by atoms with Gasteiger partial charge in [0.15, 0.2) is 0 Å². The van der Waals surface area contributed by atoms with Crippen LogP contribution in [0.4, 0.5) is 17.1 Å². The predicted octanol–water partition coefficient (Wildman–Crippen LogP) is 3.57. The predicted molar refractivity (Wildman–Crippen MR) is 89.8 cm³/mol. The lowest BCUT2D eigenvalue weighted by molar-refractivity contribution is 0.474. The van der Waals surface area contributed by atoms with Crippen LogP contribution in [0.2, 0.25) is 0 Å². The van der Waals surface area contributed by atoms with Gasteiger partial charge in [-0.25, -0.2) is 0 Å². The number of aliphatic imine (C=N–C) groups is 1. The Bertz CT molecular complexity index is 634. The number of nitrogens with two attached hydrogens (primary N) is 1. The van der Waals surface area contributed by atoms with E-state index in [2.05, 4.69) is 23.7 Å². The Hall–Kier alpha value is -2.49. The molecule has 0 heterocycles. The third-order valence-electron chi connectivity index (χ3n) is 3.42. The first kappa shape index (κ1) is 14.9. The van der Waals surface area contributed by atoms with E-state index < -0.39 is 0 Å². The molecule has 4 heteroatoms. The lowest BCUT2D eigenvalue weighted by atomic mass is 10.1. The fraction of sp³-hybridized carbons (Fsp3) is 0.235. The number of anilines is 2. The van der Waals surface area contributed by atoms with E-state index in [1.54, 1.807) is 18.3 Å². The molecule has 0 saturated heterocycles. The maximum atomic E-state index is 10.1. The van der Waals surface area contributed by atoms with E-state index in [0.29, 0.717) is 16.9 Å². The Morgan fingerprint density at radius 2 is 1.86 bits per heavy atom. The maximum absolute atomic E-state index is 10.1. The standard InChI is InChI=1S/C17H21N3O/c1-3-20(4-2)14-10-9-13(17(21)11-14)12-19-16-8-6-5-7-15(16)18/h5-12,21H,3-4,18H2,1-2H3. The molecule has 0 bridgehead atoms. The molecule has 2 rings (SSSR count). The molecule has 0 aromatic heterocycles. The number of rotatable bonds is 5. The summed E-state index contributed by atoms with van der Waals surface area (Å²) in [6, 6.07) is 13.0. The molecule has 0 aliphatic rings. The van der Waals surface area contributed by atoms with Crippen LogP contribution in [0.1, 0.15) is 19.4 Å². The van der Waals surface area contributed by atoms with Gasteiger partial charge in [0, 0.05) is 36.6 Å². The van der Waals surface area contributed by atoms with Crippen molar-refractivity contribution >= 4 is 23.3 Å². The van der Waals surface area contributed by atoms with Crippen molar-refractivity contribution in [2.24, 2.45) is 4.99 Å². The molecule has 0 unspecified atom stereocenters. The molecule has 0 spiro atoms. The van der Waals surface area contributed by atoms with Crippen molar-refractivity contribution in [1.82, 2.24) is 0 Å². The molecule has 4 nitrogen and oxygen atoms in total. The smallest absolute Gasteiger partial charge is 0.126 e. The fourth-order valence-corrected chi connectivity index (χ4v) is 2.17. The number of para-hydroxylation sites is 2. The van der Waals surface area contributed by atoms with Crippen molar-refractivity contribution in [1.29, 1.82) is 0 Å². The van der Waals surface area contributed by atoms with Gasteiger partial charge in [-0.3, -0.25) is 4.99 Å². The van der Waals surface area contributed by atoms with Crippen molar-refractivity contribution in [3.63, 3.8) is 0 Å². The van der Waals surface area contributed by atoms with E-state index >= 15 is 0 Å². The average Bonchev–Trinajstić information content (AvgIpc) is 2.49. The summed E-state index contributed by atoms with van der Waals surface area (Å²) in [6.45, 7) is 6.00. The molecule has 0 radical (unpaired) electrons. The number of hydrogen-bond donors (Lipinski definition) is 2. The minimum absolute atomic E-state index is 0.220. The molecule has 0 amide bonds.